The number of nitrogens with one attached hydrogen (secondary N) is 1. The van der Waals surface area contributed by atoms with Crippen LogP contribution < -0.4 is 5.32 Å². The predicted octanol–water partition coefficient (Wildman–Crippen LogP) is 3.99. The highest BCUT2D eigenvalue weighted by Gasteiger charge is 2.33. The van der Waals surface area contributed by atoms with Gasteiger partial charge in [0, 0.05) is 31.4 Å². The molecule has 3 aromatic rings. The molecule has 0 spiro atoms. The lowest BCUT2D eigenvalue weighted by atomic mass is 10.1. The first-order chi connectivity index (χ1) is 13.3. The molecule has 0 radical (unpaired) electrons. The van der Waals surface area contributed by atoms with Crippen LogP contribution in [0.2, 0.25) is 0 Å². The fraction of sp³-hybridized carbons (Fsp3) is 0.333. The Labute approximate surface area is 174 Å². The molecule has 0 saturated carbocycles. The van der Waals surface area contributed by atoms with Crippen LogP contribution in [0.1, 0.15) is 29.6 Å². The normalized spacial score (nSPS) is 21.2. The van der Waals surface area contributed by atoms with Gasteiger partial charge in [0.2, 0.25) is 0 Å². The number of para-hydroxylation sites is 1. The smallest absolute Gasteiger partial charge is 0.257 e. The summed E-state index contributed by atoms with van der Waals surface area (Å²) in [5.41, 5.74) is 2.44. The monoisotopic (exact) mass is 414 g/mol. The number of hydrogen-bond acceptors (Lipinski definition) is 4. The van der Waals surface area contributed by atoms with Gasteiger partial charge in [-0.05, 0) is 42.8 Å². The summed E-state index contributed by atoms with van der Waals surface area (Å²) in [5.74, 6) is 0.0925. The third-order valence-corrected chi connectivity index (χ3v) is 6.41. The molecular formula is C21H23ClN4OS. The van der Waals surface area contributed by atoms with E-state index in [2.05, 4.69) is 5.32 Å². The van der Waals surface area contributed by atoms with Crippen molar-refractivity contribution in [3.8, 4) is 16.3 Å². The van der Waals surface area contributed by atoms with Crippen molar-refractivity contribution in [2.75, 3.05) is 13.1 Å². The van der Waals surface area contributed by atoms with E-state index in [4.69, 9.17) is 5.10 Å². The number of carbonyl (C=O) groups excluding carboxylic acids is 1. The number of fused-ring (bicyclic) bond motifs is 2. The fourth-order valence-corrected chi connectivity index (χ4v) is 4.86. The minimum atomic E-state index is 0. The summed E-state index contributed by atoms with van der Waals surface area (Å²) in [6.07, 6.45) is 5.32. The van der Waals surface area contributed by atoms with E-state index in [1.807, 2.05) is 63.6 Å². The van der Waals surface area contributed by atoms with Gasteiger partial charge in [-0.25, -0.2) is 4.68 Å². The molecule has 2 aliphatic heterocycles. The Morgan fingerprint density at radius 2 is 1.89 bits per heavy atom. The number of likely N-dealkylation sites (tertiary alicyclic amines) is 1. The maximum Gasteiger partial charge on any atom is 0.257 e. The molecule has 5 rings (SSSR count). The van der Waals surface area contributed by atoms with Crippen molar-refractivity contribution in [2.24, 2.45) is 0 Å². The second-order valence-electron chi connectivity index (χ2n) is 7.33. The molecule has 0 aliphatic carbocycles. The SMILES string of the molecule is Cl.O=C(c1cn(-c2ccccc2)nc1-c1cccs1)N1CCC2CCC(C1)N2. The van der Waals surface area contributed by atoms with Crippen molar-refractivity contribution in [1.82, 2.24) is 20.0 Å². The summed E-state index contributed by atoms with van der Waals surface area (Å²) >= 11 is 1.62. The molecule has 2 aromatic heterocycles. The highest BCUT2D eigenvalue weighted by Crippen LogP contribution is 2.30. The zero-order chi connectivity index (χ0) is 18.2. The van der Waals surface area contributed by atoms with Crippen LogP contribution >= 0.6 is 23.7 Å². The molecule has 5 nitrogen and oxygen atoms in total. The first-order valence-corrected chi connectivity index (χ1v) is 10.4. The maximum atomic E-state index is 13.4. The fourth-order valence-electron chi connectivity index (χ4n) is 4.14. The van der Waals surface area contributed by atoms with Gasteiger partial charge < -0.3 is 10.2 Å². The van der Waals surface area contributed by atoms with Gasteiger partial charge in [-0.2, -0.15) is 5.10 Å². The van der Waals surface area contributed by atoms with Crippen molar-refractivity contribution >= 4 is 29.7 Å². The second kappa shape index (κ2) is 8.07. The summed E-state index contributed by atoms with van der Waals surface area (Å²) in [6.45, 7) is 1.60. The molecular weight excluding hydrogens is 392 g/mol. The van der Waals surface area contributed by atoms with E-state index >= 15 is 0 Å². The molecule has 2 unspecified atom stereocenters. The zero-order valence-electron chi connectivity index (χ0n) is 15.5. The Morgan fingerprint density at radius 3 is 2.68 bits per heavy atom. The number of nitrogens with zero attached hydrogens (tertiary/aromatic N) is 3. The van der Waals surface area contributed by atoms with Crippen LogP contribution in [0.15, 0.2) is 54.0 Å². The Bertz CT molecular complexity index is 941. The molecule has 2 atom stereocenters. The largest absolute Gasteiger partial charge is 0.337 e. The number of hydrogen-bond donors (Lipinski definition) is 1. The van der Waals surface area contributed by atoms with E-state index in [0.29, 0.717) is 17.6 Å². The molecule has 4 heterocycles. The summed E-state index contributed by atoms with van der Waals surface area (Å²) in [4.78, 5) is 16.5. The van der Waals surface area contributed by atoms with E-state index < -0.39 is 0 Å². The summed E-state index contributed by atoms with van der Waals surface area (Å²) in [5, 5.41) is 10.5. The summed E-state index contributed by atoms with van der Waals surface area (Å²) < 4.78 is 1.82. The molecule has 28 heavy (non-hydrogen) atoms. The molecule has 1 amide bonds. The van der Waals surface area contributed by atoms with Crippen LogP contribution in [-0.4, -0.2) is 45.8 Å². The van der Waals surface area contributed by atoms with Gasteiger partial charge in [-0.1, -0.05) is 24.3 Å². The van der Waals surface area contributed by atoms with Crippen LogP contribution in [0.5, 0.6) is 0 Å². The van der Waals surface area contributed by atoms with Crippen LogP contribution in [0, 0.1) is 0 Å². The summed E-state index contributed by atoms with van der Waals surface area (Å²) in [7, 11) is 0. The number of amides is 1. The second-order valence-corrected chi connectivity index (χ2v) is 8.27. The third kappa shape index (κ3) is 3.60. The minimum absolute atomic E-state index is 0. The maximum absolute atomic E-state index is 13.4. The van der Waals surface area contributed by atoms with E-state index in [-0.39, 0.29) is 18.3 Å². The summed E-state index contributed by atoms with van der Waals surface area (Å²) in [6, 6.07) is 15.0. The molecule has 1 N–H and O–H groups in total. The van der Waals surface area contributed by atoms with Crippen molar-refractivity contribution in [2.45, 2.75) is 31.3 Å². The lowest BCUT2D eigenvalue weighted by Crippen LogP contribution is -2.39. The molecule has 2 bridgehead atoms. The van der Waals surface area contributed by atoms with Crippen molar-refractivity contribution < 1.29 is 4.79 Å². The first kappa shape index (κ1) is 19.2. The van der Waals surface area contributed by atoms with Gasteiger partial charge >= 0.3 is 0 Å². The Hall–Kier alpha value is -2.15. The number of aromatic nitrogens is 2. The molecule has 1 aromatic carbocycles. The van der Waals surface area contributed by atoms with Crippen LogP contribution in [0.3, 0.4) is 0 Å². The van der Waals surface area contributed by atoms with Crippen molar-refractivity contribution in [1.29, 1.82) is 0 Å². The zero-order valence-corrected chi connectivity index (χ0v) is 17.1. The first-order valence-electron chi connectivity index (χ1n) is 9.52. The molecule has 2 aliphatic rings. The Morgan fingerprint density at radius 1 is 1.07 bits per heavy atom. The van der Waals surface area contributed by atoms with Gasteiger partial charge in [-0.3, -0.25) is 4.79 Å². The van der Waals surface area contributed by atoms with Crippen molar-refractivity contribution in [3.63, 3.8) is 0 Å². The average Bonchev–Trinajstić information content (AvgIpc) is 3.41. The number of benzene rings is 1. The number of thiophene rings is 1. The van der Waals surface area contributed by atoms with Gasteiger partial charge in [0.05, 0.1) is 16.1 Å². The van der Waals surface area contributed by atoms with Crippen molar-refractivity contribution in [3.05, 3.63) is 59.6 Å². The van der Waals surface area contributed by atoms with Crippen LogP contribution in [0.4, 0.5) is 0 Å². The standard InChI is InChI=1S/C21H22N4OS.ClH/c26-21(24-11-10-15-8-9-16(13-24)22-15)18-14-25(17-5-2-1-3-6-17)23-20(18)19-7-4-12-27-19;/h1-7,12,14-16,22H,8-11,13H2;1H. The number of carbonyl (C=O) groups is 1. The highest BCUT2D eigenvalue weighted by atomic mass is 35.5. The van der Waals surface area contributed by atoms with Crippen LogP contribution in [-0.2, 0) is 0 Å². The molecule has 2 saturated heterocycles. The Balaban J connectivity index is 0.00000192. The average molecular weight is 415 g/mol. The minimum Gasteiger partial charge on any atom is -0.337 e. The Kier molecular flexibility index (Phi) is 5.53. The molecule has 7 heteroatoms. The van der Waals surface area contributed by atoms with E-state index in [1.54, 1.807) is 11.3 Å². The van der Waals surface area contributed by atoms with Gasteiger partial charge in [-0.15, -0.1) is 23.7 Å². The van der Waals surface area contributed by atoms with Gasteiger partial charge in [0.1, 0.15) is 5.69 Å². The predicted molar refractivity (Wildman–Crippen MR) is 115 cm³/mol. The number of rotatable bonds is 3. The molecule has 2 fully saturated rings. The third-order valence-electron chi connectivity index (χ3n) is 5.53. The van der Waals surface area contributed by atoms with E-state index in [0.717, 1.165) is 42.2 Å². The lowest BCUT2D eigenvalue weighted by molar-refractivity contribution is 0.0749. The van der Waals surface area contributed by atoms with Gasteiger partial charge in [0.25, 0.3) is 5.91 Å². The quantitative estimate of drug-likeness (QED) is 0.705. The van der Waals surface area contributed by atoms with E-state index in [9.17, 15) is 4.79 Å². The molecule has 146 valence electrons. The van der Waals surface area contributed by atoms with Gasteiger partial charge in [0.15, 0.2) is 0 Å². The van der Waals surface area contributed by atoms with E-state index in [1.165, 1.54) is 6.42 Å². The topological polar surface area (TPSA) is 50.2 Å². The number of halogens is 1. The van der Waals surface area contributed by atoms with Crippen LogP contribution in [0.25, 0.3) is 16.3 Å². The lowest BCUT2D eigenvalue weighted by Gasteiger charge is -2.24. The highest BCUT2D eigenvalue weighted by molar-refractivity contribution is 7.13.